The summed E-state index contributed by atoms with van der Waals surface area (Å²) in [5.41, 5.74) is 0. The van der Waals surface area contributed by atoms with Crippen LogP contribution in [-0.4, -0.2) is 16.6 Å². The molecule has 4 heteroatoms. The van der Waals surface area contributed by atoms with Gasteiger partial charge in [0.15, 0.2) is 0 Å². The van der Waals surface area contributed by atoms with Crippen molar-refractivity contribution in [3.8, 4) is 0 Å². The molecule has 0 spiro atoms. The van der Waals surface area contributed by atoms with E-state index in [4.69, 9.17) is 11.6 Å². The second-order valence-electron chi connectivity index (χ2n) is 1.34. The smallest absolute Gasteiger partial charge is 0.368 e. The first kappa shape index (κ1) is 9.11. The Morgan fingerprint density at radius 3 is 2.78 bits per heavy atom. The first-order chi connectivity index (χ1) is 4.16. The van der Waals surface area contributed by atoms with E-state index in [0.29, 0.717) is 6.61 Å². The molecule has 0 fully saturated rings. The van der Waals surface area contributed by atoms with Gasteiger partial charge in [0.1, 0.15) is 0 Å². The Labute approximate surface area is 63.9 Å². The zero-order chi connectivity index (χ0) is 7.28. The third kappa shape index (κ3) is 5.99. The fourth-order valence-corrected chi connectivity index (χ4v) is 0.954. The highest BCUT2D eigenvalue weighted by Gasteiger charge is 2.05. The van der Waals surface area contributed by atoms with Gasteiger partial charge in [-0.2, -0.15) is 0 Å². The van der Waals surface area contributed by atoms with Crippen LogP contribution < -0.4 is 0 Å². The molecule has 0 aliphatic heterocycles. The maximum absolute atomic E-state index is 10.5. The van der Waals surface area contributed by atoms with Crippen molar-refractivity contribution < 1.29 is 9.53 Å². The molecule has 1 unspecified atom stereocenters. The van der Waals surface area contributed by atoms with Crippen molar-refractivity contribution in [2.75, 3.05) is 6.61 Å². The number of hydrogen-bond acceptors (Lipinski definition) is 3. The molecule has 0 radical (unpaired) electrons. The summed E-state index contributed by atoms with van der Waals surface area (Å²) in [7, 11) is 0. The van der Waals surface area contributed by atoms with Gasteiger partial charge >= 0.3 is 5.30 Å². The van der Waals surface area contributed by atoms with Gasteiger partial charge in [-0.1, -0.05) is 0 Å². The summed E-state index contributed by atoms with van der Waals surface area (Å²) in [6, 6.07) is 0. The van der Waals surface area contributed by atoms with Gasteiger partial charge in [-0.05, 0) is 25.6 Å². The molecule has 54 valence electrons. The Bertz CT molecular complexity index is 95.0. The third-order valence-electron chi connectivity index (χ3n) is 0.521. The molecule has 0 aromatic rings. The molecule has 0 amide bonds. The van der Waals surface area contributed by atoms with Crippen LogP contribution >= 0.6 is 23.4 Å². The normalized spacial score (nSPS) is 12.8. The van der Waals surface area contributed by atoms with Gasteiger partial charge in [0.05, 0.1) is 11.3 Å². The van der Waals surface area contributed by atoms with E-state index in [1.165, 1.54) is 0 Å². The number of thioether (sulfide) groups is 1. The highest BCUT2D eigenvalue weighted by molar-refractivity contribution is 8.14. The monoisotopic (exact) mass is 168 g/mol. The summed E-state index contributed by atoms with van der Waals surface area (Å²) in [6.45, 7) is 3.90. The van der Waals surface area contributed by atoms with Crippen molar-refractivity contribution in [2.45, 2.75) is 18.6 Å². The van der Waals surface area contributed by atoms with Crippen LogP contribution in [0.25, 0.3) is 0 Å². The van der Waals surface area contributed by atoms with E-state index in [1.807, 2.05) is 0 Å². The fraction of sp³-hybridized carbons (Fsp3) is 0.800. The molecule has 0 aliphatic rings. The lowest BCUT2D eigenvalue weighted by Gasteiger charge is -2.00. The van der Waals surface area contributed by atoms with Gasteiger partial charge in [-0.3, -0.25) is 0 Å². The fourth-order valence-electron chi connectivity index (χ4n) is 0.284. The zero-order valence-corrected chi connectivity index (χ0v) is 6.96. The van der Waals surface area contributed by atoms with Gasteiger partial charge in [0, 0.05) is 0 Å². The van der Waals surface area contributed by atoms with Crippen LogP contribution in [0.4, 0.5) is 4.79 Å². The van der Waals surface area contributed by atoms with Crippen LogP contribution in [0.1, 0.15) is 13.8 Å². The second-order valence-corrected chi connectivity index (χ2v) is 3.53. The molecular formula is C5H9ClO2S. The quantitative estimate of drug-likeness (QED) is 0.468. The van der Waals surface area contributed by atoms with Crippen molar-refractivity contribution in [1.82, 2.24) is 0 Å². The Morgan fingerprint density at radius 2 is 2.44 bits per heavy atom. The van der Waals surface area contributed by atoms with E-state index in [0.717, 1.165) is 11.8 Å². The molecule has 2 nitrogen and oxygen atoms in total. The van der Waals surface area contributed by atoms with Crippen LogP contribution in [-0.2, 0) is 4.74 Å². The summed E-state index contributed by atoms with van der Waals surface area (Å²) in [5.74, 6) is 0. The number of hydrogen-bond donors (Lipinski definition) is 0. The van der Waals surface area contributed by atoms with E-state index in [1.54, 1.807) is 13.8 Å². The zero-order valence-electron chi connectivity index (χ0n) is 5.39. The van der Waals surface area contributed by atoms with Gasteiger partial charge in [-0.25, -0.2) is 4.79 Å². The van der Waals surface area contributed by atoms with Gasteiger partial charge in [-0.15, -0.1) is 11.6 Å². The van der Waals surface area contributed by atoms with Crippen LogP contribution in [0.2, 0.25) is 0 Å². The summed E-state index contributed by atoms with van der Waals surface area (Å²) >= 11 is 6.45. The van der Waals surface area contributed by atoms with E-state index >= 15 is 0 Å². The number of halogens is 1. The number of rotatable bonds is 2. The number of ether oxygens (including phenoxy) is 1. The highest BCUT2D eigenvalue weighted by atomic mass is 35.5. The largest absolute Gasteiger partial charge is 0.458 e. The van der Waals surface area contributed by atoms with Crippen molar-refractivity contribution in [2.24, 2.45) is 0 Å². The van der Waals surface area contributed by atoms with Gasteiger partial charge < -0.3 is 4.74 Å². The summed E-state index contributed by atoms with van der Waals surface area (Å²) in [5, 5.41) is -0.306. The minimum absolute atomic E-state index is 0.205. The first-order valence-electron chi connectivity index (χ1n) is 2.64. The lowest BCUT2D eigenvalue weighted by Crippen LogP contribution is -1.98. The molecule has 0 bridgehead atoms. The van der Waals surface area contributed by atoms with Crippen molar-refractivity contribution in [1.29, 1.82) is 0 Å². The predicted octanol–water partition coefficient (Wildman–Crippen LogP) is 2.46. The van der Waals surface area contributed by atoms with Crippen LogP contribution in [0.3, 0.4) is 0 Å². The molecule has 9 heavy (non-hydrogen) atoms. The van der Waals surface area contributed by atoms with E-state index in [2.05, 4.69) is 4.74 Å². The molecule has 1 atom stereocenters. The van der Waals surface area contributed by atoms with E-state index < -0.39 is 0 Å². The number of carbonyl (C=O) groups excluding carboxylic acids is 1. The molecule has 0 saturated heterocycles. The Morgan fingerprint density at radius 1 is 1.89 bits per heavy atom. The van der Waals surface area contributed by atoms with Gasteiger partial charge in [0.2, 0.25) is 0 Å². The Hall–Kier alpha value is 0.110. The predicted molar refractivity (Wildman–Crippen MR) is 39.9 cm³/mol. The summed E-state index contributed by atoms with van der Waals surface area (Å²) in [6.07, 6.45) is 0. The average Bonchev–Trinajstić information content (AvgIpc) is 1.63. The molecule has 0 N–H and O–H groups in total. The Balaban J connectivity index is 3.27. The first-order valence-corrected chi connectivity index (χ1v) is 3.96. The topological polar surface area (TPSA) is 26.3 Å². The third-order valence-corrected chi connectivity index (χ3v) is 1.42. The standard InChI is InChI=1S/C5H9ClO2S/c1-3-8-5(7)9-4(2)6/h4H,3H2,1-2H3. The highest BCUT2D eigenvalue weighted by Crippen LogP contribution is 2.16. The van der Waals surface area contributed by atoms with Crippen molar-refractivity contribution in [3.05, 3.63) is 0 Å². The van der Waals surface area contributed by atoms with Crippen molar-refractivity contribution in [3.63, 3.8) is 0 Å². The van der Waals surface area contributed by atoms with E-state index in [-0.39, 0.29) is 10.0 Å². The van der Waals surface area contributed by atoms with Crippen LogP contribution in [0.15, 0.2) is 0 Å². The molecule has 0 aliphatic carbocycles. The van der Waals surface area contributed by atoms with Crippen LogP contribution in [0, 0.1) is 0 Å². The second kappa shape index (κ2) is 4.94. The summed E-state index contributed by atoms with van der Waals surface area (Å²) < 4.78 is 4.39. The molecular weight excluding hydrogens is 160 g/mol. The lowest BCUT2D eigenvalue weighted by molar-refractivity contribution is 0.181. The maximum Gasteiger partial charge on any atom is 0.368 e. The molecule has 0 aromatic heterocycles. The van der Waals surface area contributed by atoms with Crippen LogP contribution in [0.5, 0.6) is 0 Å². The molecule has 0 saturated carbocycles. The molecule has 0 rings (SSSR count). The van der Waals surface area contributed by atoms with Crippen molar-refractivity contribution >= 4 is 28.7 Å². The average molecular weight is 169 g/mol. The Kier molecular flexibility index (Phi) is 5.00. The van der Waals surface area contributed by atoms with Gasteiger partial charge in [0.25, 0.3) is 0 Å². The number of alkyl halides is 1. The SMILES string of the molecule is CCOC(=O)SC(C)Cl. The molecule has 0 heterocycles. The maximum atomic E-state index is 10.5. The summed E-state index contributed by atoms with van der Waals surface area (Å²) in [4.78, 5) is 10.5. The molecule has 0 aromatic carbocycles. The van der Waals surface area contributed by atoms with E-state index in [9.17, 15) is 4.79 Å². The minimum atomic E-state index is -0.306. The minimum Gasteiger partial charge on any atom is -0.458 e. The number of carbonyl (C=O) groups is 1. The lowest BCUT2D eigenvalue weighted by atomic mass is 10.9.